The number of hydrogen-bond donors (Lipinski definition) is 2. The van der Waals surface area contributed by atoms with Gasteiger partial charge in [-0.3, -0.25) is 4.79 Å². The third kappa shape index (κ3) is 3.07. The summed E-state index contributed by atoms with van der Waals surface area (Å²) in [5, 5.41) is 10.4. The van der Waals surface area contributed by atoms with Crippen LogP contribution in [0.1, 0.15) is 37.8 Å². The summed E-state index contributed by atoms with van der Waals surface area (Å²) in [5.74, 6) is -0.773. The van der Waals surface area contributed by atoms with Gasteiger partial charge in [-0.05, 0) is 31.5 Å². The number of aryl methyl sites for hydroxylation is 1. The Morgan fingerprint density at radius 3 is 2.76 bits per heavy atom. The molecule has 0 spiro atoms. The SMILES string of the molecule is COC(=O)c1[nH]c(C)c(C(=O)NCc2cccnn2)c1C. The van der Waals surface area contributed by atoms with Crippen LogP contribution in [0.5, 0.6) is 0 Å². The van der Waals surface area contributed by atoms with E-state index in [0.717, 1.165) is 0 Å². The number of nitrogens with one attached hydrogen (secondary N) is 2. The Morgan fingerprint density at radius 1 is 1.38 bits per heavy atom. The maximum atomic E-state index is 12.3. The van der Waals surface area contributed by atoms with Crippen molar-refractivity contribution in [2.45, 2.75) is 20.4 Å². The molecule has 110 valence electrons. The summed E-state index contributed by atoms with van der Waals surface area (Å²) in [4.78, 5) is 26.7. The molecule has 7 heteroatoms. The van der Waals surface area contributed by atoms with Gasteiger partial charge in [0, 0.05) is 11.9 Å². The highest BCUT2D eigenvalue weighted by Gasteiger charge is 2.22. The monoisotopic (exact) mass is 288 g/mol. The summed E-state index contributed by atoms with van der Waals surface area (Å²) in [6.07, 6.45) is 1.56. The van der Waals surface area contributed by atoms with Gasteiger partial charge >= 0.3 is 5.97 Å². The number of carbonyl (C=O) groups excluding carboxylic acids is 2. The summed E-state index contributed by atoms with van der Waals surface area (Å²) in [6, 6.07) is 3.51. The number of aromatic nitrogens is 3. The first-order chi connectivity index (χ1) is 10.0. The van der Waals surface area contributed by atoms with E-state index >= 15 is 0 Å². The van der Waals surface area contributed by atoms with Gasteiger partial charge in [0.25, 0.3) is 5.91 Å². The molecule has 7 nitrogen and oxygen atoms in total. The number of nitrogens with zero attached hydrogens (tertiary/aromatic N) is 2. The maximum Gasteiger partial charge on any atom is 0.354 e. The number of carbonyl (C=O) groups is 2. The van der Waals surface area contributed by atoms with Gasteiger partial charge in [-0.15, -0.1) is 0 Å². The minimum Gasteiger partial charge on any atom is -0.464 e. The van der Waals surface area contributed by atoms with E-state index in [0.29, 0.717) is 28.2 Å². The number of methoxy groups -OCH3 is 1. The number of amides is 1. The highest BCUT2D eigenvalue weighted by molar-refractivity contribution is 6.01. The van der Waals surface area contributed by atoms with E-state index < -0.39 is 5.97 Å². The lowest BCUT2D eigenvalue weighted by Crippen LogP contribution is -2.24. The minimum atomic E-state index is -0.497. The molecule has 0 radical (unpaired) electrons. The number of hydrogen-bond acceptors (Lipinski definition) is 5. The van der Waals surface area contributed by atoms with Crippen molar-refractivity contribution in [3.05, 3.63) is 46.5 Å². The van der Waals surface area contributed by atoms with Gasteiger partial charge in [0.15, 0.2) is 0 Å². The molecule has 0 aromatic carbocycles. The quantitative estimate of drug-likeness (QED) is 0.822. The molecule has 2 rings (SSSR count). The van der Waals surface area contributed by atoms with Crippen molar-refractivity contribution >= 4 is 11.9 Å². The van der Waals surface area contributed by atoms with Gasteiger partial charge in [-0.2, -0.15) is 10.2 Å². The van der Waals surface area contributed by atoms with Crippen LogP contribution >= 0.6 is 0 Å². The van der Waals surface area contributed by atoms with Crippen LogP contribution in [0.25, 0.3) is 0 Å². The van der Waals surface area contributed by atoms with E-state index in [2.05, 4.69) is 25.2 Å². The molecule has 0 aliphatic carbocycles. The Morgan fingerprint density at radius 2 is 2.14 bits per heavy atom. The average Bonchev–Trinajstić information content (AvgIpc) is 2.80. The third-order valence-corrected chi connectivity index (χ3v) is 3.11. The van der Waals surface area contributed by atoms with Crippen molar-refractivity contribution in [1.82, 2.24) is 20.5 Å². The topological polar surface area (TPSA) is 97.0 Å². The van der Waals surface area contributed by atoms with Crippen molar-refractivity contribution in [2.75, 3.05) is 7.11 Å². The van der Waals surface area contributed by atoms with Crippen LogP contribution in [0.3, 0.4) is 0 Å². The Bertz CT molecular complexity index is 664. The van der Waals surface area contributed by atoms with Crippen LogP contribution in [-0.2, 0) is 11.3 Å². The number of esters is 1. The Labute approximate surface area is 121 Å². The van der Waals surface area contributed by atoms with Crippen LogP contribution in [0.2, 0.25) is 0 Å². The van der Waals surface area contributed by atoms with Gasteiger partial charge in [0.1, 0.15) is 5.69 Å². The molecule has 0 saturated carbocycles. The van der Waals surface area contributed by atoms with Crippen molar-refractivity contribution in [3.8, 4) is 0 Å². The van der Waals surface area contributed by atoms with E-state index in [4.69, 9.17) is 0 Å². The molecule has 0 unspecified atom stereocenters. The largest absolute Gasteiger partial charge is 0.464 e. The normalized spacial score (nSPS) is 10.2. The molecule has 2 heterocycles. The van der Waals surface area contributed by atoms with Gasteiger partial charge in [-0.25, -0.2) is 4.79 Å². The fraction of sp³-hybridized carbons (Fsp3) is 0.286. The second-order valence-corrected chi connectivity index (χ2v) is 4.51. The lowest BCUT2D eigenvalue weighted by molar-refractivity contribution is 0.0594. The van der Waals surface area contributed by atoms with Gasteiger partial charge in [0.05, 0.1) is 24.9 Å². The fourth-order valence-electron chi connectivity index (χ4n) is 2.08. The van der Waals surface area contributed by atoms with Crippen LogP contribution in [-0.4, -0.2) is 34.2 Å². The molecular formula is C14H16N4O3. The van der Waals surface area contributed by atoms with Crippen LogP contribution in [0.4, 0.5) is 0 Å². The lowest BCUT2D eigenvalue weighted by atomic mass is 10.1. The standard InChI is InChI=1S/C14H16N4O3/c1-8-11(9(2)17-12(8)14(20)21-3)13(19)15-7-10-5-4-6-16-18-10/h4-6,17H,7H2,1-3H3,(H,15,19). The van der Waals surface area contributed by atoms with Gasteiger partial charge in [0.2, 0.25) is 0 Å². The fourth-order valence-corrected chi connectivity index (χ4v) is 2.08. The summed E-state index contributed by atoms with van der Waals surface area (Å²) < 4.78 is 4.67. The second kappa shape index (κ2) is 6.17. The molecule has 0 saturated heterocycles. The molecule has 1 amide bonds. The summed E-state index contributed by atoms with van der Waals surface area (Å²) in [5.41, 5.74) is 2.57. The van der Waals surface area contributed by atoms with E-state index in [1.165, 1.54) is 7.11 Å². The zero-order valence-corrected chi connectivity index (χ0v) is 12.1. The van der Waals surface area contributed by atoms with Crippen LogP contribution < -0.4 is 5.32 Å². The van der Waals surface area contributed by atoms with Crippen LogP contribution in [0.15, 0.2) is 18.3 Å². The molecule has 0 fully saturated rings. The van der Waals surface area contributed by atoms with E-state index in [-0.39, 0.29) is 12.5 Å². The maximum absolute atomic E-state index is 12.3. The lowest BCUT2D eigenvalue weighted by Gasteiger charge is -2.05. The Balaban J connectivity index is 2.16. The molecule has 2 aromatic rings. The first kappa shape index (κ1) is 14.7. The smallest absolute Gasteiger partial charge is 0.354 e. The zero-order chi connectivity index (χ0) is 15.4. The van der Waals surface area contributed by atoms with Gasteiger partial charge in [-0.1, -0.05) is 0 Å². The molecule has 0 aliphatic heterocycles. The number of ether oxygens (including phenoxy) is 1. The first-order valence-corrected chi connectivity index (χ1v) is 6.36. The predicted octanol–water partition coefficient (Wildman–Crippen LogP) is 1.14. The second-order valence-electron chi connectivity index (χ2n) is 4.51. The average molecular weight is 288 g/mol. The minimum absolute atomic E-state index is 0.268. The van der Waals surface area contributed by atoms with E-state index in [9.17, 15) is 9.59 Å². The van der Waals surface area contributed by atoms with E-state index in [1.807, 2.05) is 0 Å². The Kier molecular flexibility index (Phi) is 4.32. The summed E-state index contributed by atoms with van der Waals surface area (Å²) in [7, 11) is 1.30. The van der Waals surface area contributed by atoms with Crippen LogP contribution in [0, 0.1) is 13.8 Å². The van der Waals surface area contributed by atoms with E-state index in [1.54, 1.807) is 32.2 Å². The number of H-pyrrole nitrogens is 1. The van der Waals surface area contributed by atoms with Crippen molar-refractivity contribution in [2.24, 2.45) is 0 Å². The first-order valence-electron chi connectivity index (χ1n) is 6.36. The molecule has 0 bridgehead atoms. The molecular weight excluding hydrogens is 272 g/mol. The zero-order valence-electron chi connectivity index (χ0n) is 12.1. The summed E-state index contributed by atoms with van der Waals surface area (Å²) >= 11 is 0. The van der Waals surface area contributed by atoms with Gasteiger partial charge < -0.3 is 15.0 Å². The predicted molar refractivity (Wildman–Crippen MR) is 74.8 cm³/mol. The van der Waals surface area contributed by atoms with Crippen molar-refractivity contribution in [3.63, 3.8) is 0 Å². The Hall–Kier alpha value is -2.70. The number of rotatable bonds is 4. The highest BCUT2D eigenvalue weighted by Crippen LogP contribution is 2.18. The molecule has 0 atom stereocenters. The molecule has 21 heavy (non-hydrogen) atoms. The molecule has 0 aliphatic rings. The highest BCUT2D eigenvalue weighted by atomic mass is 16.5. The third-order valence-electron chi connectivity index (χ3n) is 3.11. The summed E-state index contributed by atoms with van der Waals surface area (Å²) in [6.45, 7) is 3.70. The van der Waals surface area contributed by atoms with Crippen molar-refractivity contribution in [1.29, 1.82) is 0 Å². The van der Waals surface area contributed by atoms with Crippen molar-refractivity contribution < 1.29 is 14.3 Å². The number of aromatic amines is 1. The molecule has 2 aromatic heterocycles. The molecule has 2 N–H and O–H groups in total.